The second-order valence-corrected chi connectivity index (χ2v) is 4.53. The standard InChI is InChI=1S/C9H8N2OS2/c12-8-3-1-2-4-9(8)13-6-7-5-10-11-14-7/h1-5,12H,6H2. The van der Waals surface area contributed by atoms with Gasteiger partial charge in [-0.15, -0.1) is 16.9 Å². The van der Waals surface area contributed by atoms with Gasteiger partial charge in [-0.25, -0.2) is 0 Å². The molecule has 0 aliphatic carbocycles. The highest BCUT2D eigenvalue weighted by Gasteiger charge is 2.02. The minimum Gasteiger partial charge on any atom is -0.507 e. The van der Waals surface area contributed by atoms with Crippen molar-refractivity contribution in [3.63, 3.8) is 0 Å². The van der Waals surface area contributed by atoms with Crippen LogP contribution in [-0.2, 0) is 5.75 Å². The molecule has 0 aliphatic rings. The average molecular weight is 224 g/mol. The molecule has 1 heterocycles. The van der Waals surface area contributed by atoms with Crippen LogP contribution in [0.2, 0.25) is 0 Å². The number of aromatic nitrogens is 2. The molecule has 0 spiro atoms. The molecule has 0 saturated carbocycles. The zero-order valence-electron chi connectivity index (χ0n) is 7.25. The molecule has 5 heteroatoms. The first kappa shape index (κ1) is 9.48. The molecule has 1 N–H and O–H groups in total. The van der Waals surface area contributed by atoms with Crippen molar-refractivity contribution in [3.05, 3.63) is 35.3 Å². The largest absolute Gasteiger partial charge is 0.507 e. The maximum Gasteiger partial charge on any atom is 0.129 e. The fourth-order valence-electron chi connectivity index (χ4n) is 0.979. The van der Waals surface area contributed by atoms with Gasteiger partial charge in [0.25, 0.3) is 0 Å². The molecule has 0 unspecified atom stereocenters. The van der Waals surface area contributed by atoms with Crippen molar-refractivity contribution in [2.45, 2.75) is 10.6 Å². The number of para-hydroxylation sites is 1. The second kappa shape index (κ2) is 4.43. The van der Waals surface area contributed by atoms with Crippen molar-refractivity contribution in [2.24, 2.45) is 0 Å². The van der Waals surface area contributed by atoms with E-state index >= 15 is 0 Å². The van der Waals surface area contributed by atoms with Crippen LogP contribution in [0.3, 0.4) is 0 Å². The highest BCUT2D eigenvalue weighted by atomic mass is 32.2. The van der Waals surface area contributed by atoms with Crippen LogP contribution in [0.25, 0.3) is 0 Å². The van der Waals surface area contributed by atoms with E-state index in [4.69, 9.17) is 0 Å². The molecule has 0 radical (unpaired) electrons. The molecule has 72 valence electrons. The van der Waals surface area contributed by atoms with Crippen molar-refractivity contribution in [1.82, 2.24) is 9.59 Å². The topological polar surface area (TPSA) is 46.0 Å². The van der Waals surface area contributed by atoms with Gasteiger partial charge in [0.15, 0.2) is 0 Å². The number of thioether (sulfide) groups is 1. The van der Waals surface area contributed by atoms with Gasteiger partial charge in [0.05, 0.1) is 11.1 Å². The predicted molar refractivity (Wildman–Crippen MR) is 57.6 cm³/mol. The zero-order chi connectivity index (χ0) is 9.80. The molecular formula is C9H8N2OS2. The van der Waals surface area contributed by atoms with Gasteiger partial charge in [-0.05, 0) is 23.7 Å². The first-order valence-electron chi connectivity index (χ1n) is 4.03. The molecular weight excluding hydrogens is 216 g/mol. The zero-order valence-corrected chi connectivity index (χ0v) is 8.88. The molecule has 0 saturated heterocycles. The van der Waals surface area contributed by atoms with E-state index in [1.54, 1.807) is 24.0 Å². The lowest BCUT2D eigenvalue weighted by Crippen LogP contribution is -1.75. The van der Waals surface area contributed by atoms with Crippen molar-refractivity contribution in [3.8, 4) is 5.75 Å². The highest BCUT2D eigenvalue weighted by molar-refractivity contribution is 7.98. The van der Waals surface area contributed by atoms with E-state index in [1.165, 1.54) is 11.5 Å². The Kier molecular flexibility index (Phi) is 3.00. The van der Waals surface area contributed by atoms with Crippen molar-refractivity contribution < 1.29 is 5.11 Å². The normalized spacial score (nSPS) is 10.3. The van der Waals surface area contributed by atoms with Gasteiger partial charge in [-0.2, -0.15) is 0 Å². The molecule has 0 amide bonds. The fourth-order valence-corrected chi connectivity index (χ4v) is 2.42. The van der Waals surface area contributed by atoms with E-state index < -0.39 is 0 Å². The number of rotatable bonds is 3. The molecule has 2 rings (SSSR count). The van der Waals surface area contributed by atoms with E-state index in [9.17, 15) is 5.11 Å². The monoisotopic (exact) mass is 224 g/mol. The molecule has 0 aliphatic heterocycles. The maximum absolute atomic E-state index is 9.49. The van der Waals surface area contributed by atoms with E-state index in [2.05, 4.69) is 9.59 Å². The first-order valence-corrected chi connectivity index (χ1v) is 5.79. The Morgan fingerprint density at radius 1 is 1.36 bits per heavy atom. The second-order valence-electron chi connectivity index (χ2n) is 2.64. The van der Waals surface area contributed by atoms with Crippen LogP contribution in [-0.4, -0.2) is 14.7 Å². The summed E-state index contributed by atoms with van der Waals surface area (Å²) in [6.45, 7) is 0. The number of hydrogen-bond acceptors (Lipinski definition) is 5. The predicted octanol–water partition coefficient (Wildman–Crippen LogP) is 2.54. The molecule has 1 aromatic heterocycles. The summed E-state index contributed by atoms with van der Waals surface area (Å²) in [6, 6.07) is 7.31. The van der Waals surface area contributed by atoms with Crippen LogP contribution in [0.15, 0.2) is 35.4 Å². The smallest absolute Gasteiger partial charge is 0.129 e. The number of hydrogen-bond donors (Lipinski definition) is 1. The molecule has 1 aromatic carbocycles. The van der Waals surface area contributed by atoms with Crippen molar-refractivity contribution in [1.29, 1.82) is 0 Å². The van der Waals surface area contributed by atoms with Crippen LogP contribution in [0.4, 0.5) is 0 Å². The quantitative estimate of drug-likeness (QED) is 0.814. The Hall–Kier alpha value is -1.07. The van der Waals surface area contributed by atoms with Crippen molar-refractivity contribution in [2.75, 3.05) is 0 Å². The first-order chi connectivity index (χ1) is 6.86. The Morgan fingerprint density at radius 2 is 2.21 bits per heavy atom. The van der Waals surface area contributed by atoms with Crippen LogP contribution >= 0.6 is 23.3 Å². The Bertz CT molecular complexity index is 403. The van der Waals surface area contributed by atoms with Gasteiger partial charge in [0, 0.05) is 10.6 Å². The molecule has 3 nitrogen and oxygen atoms in total. The summed E-state index contributed by atoms with van der Waals surface area (Å²) in [5.74, 6) is 1.13. The number of phenolic OH excluding ortho intramolecular Hbond substituents is 1. The van der Waals surface area contributed by atoms with Crippen LogP contribution in [0, 0.1) is 0 Å². The van der Waals surface area contributed by atoms with Gasteiger partial charge in [-0.1, -0.05) is 16.6 Å². The van der Waals surface area contributed by atoms with E-state index in [1.807, 2.05) is 18.2 Å². The highest BCUT2D eigenvalue weighted by Crippen LogP contribution is 2.30. The SMILES string of the molecule is Oc1ccccc1SCc1cnns1. The summed E-state index contributed by atoms with van der Waals surface area (Å²) in [6.07, 6.45) is 1.75. The van der Waals surface area contributed by atoms with Crippen LogP contribution in [0.1, 0.15) is 4.88 Å². The fraction of sp³-hybridized carbons (Fsp3) is 0.111. The summed E-state index contributed by atoms with van der Waals surface area (Å²) in [7, 11) is 0. The Labute approximate surface area is 90.0 Å². The minimum atomic E-state index is 0.329. The lowest BCUT2D eigenvalue weighted by molar-refractivity contribution is 0.462. The summed E-state index contributed by atoms with van der Waals surface area (Å²) < 4.78 is 3.77. The number of benzene rings is 1. The lowest BCUT2D eigenvalue weighted by Gasteiger charge is -2.01. The number of nitrogens with zero attached hydrogens (tertiary/aromatic N) is 2. The molecule has 0 atom stereocenters. The van der Waals surface area contributed by atoms with Crippen LogP contribution in [0.5, 0.6) is 5.75 Å². The summed E-state index contributed by atoms with van der Waals surface area (Å²) in [4.78, 5) is 2.00. The molecule has 14 heavy (non-hydrogen) atoms. The molecule has 0 bridgehead atoms. The third-order valence-electron chi connectivity index (χ3n) is 1.64. The minimum absolute atomic E-state index is 0.329. The summed E-state index contributed by atoms with van der Waals surface area (Å²) in [5, 5.41) is 13.2. The van der Waals surface area contributed by atoms with Gasteiger partial charge in [0.1, 0.15) is 5.75 Å². The Balaban J connectivity index is 2.02. The van der Waals surface area contributed by atoms with Crippen LogP contribution < -0.4 is 0 Å². The Morgan fingerprint density at radius 3 is 2.93 bits per heavy atom. The average Bonchev–Trinajstić information content (AvgIpc) is 2.69. The molecule has 2 aromatic rings. The maximum atomic E-state index is 9.49. The van der Waals surface area contributed by atoms with E-state index in [0.717, 1.165) is 15.5 Å². The number of phenols is 1. The summed E-state index contributed by atoms with van der Waals surface area (Å²) in [5.41, 5.74) is 0. The van der Waals surface area contributed by atoms with Crippen molar-refractivity contribution >= 4 is 23.3 Å². The van der Waals surface area contributed by atoms with Gasteiger partial charge < -0.3 is 5.11 Å². The molecule has 0 fully saturated rings. The van der Waals surface area contributed by atoms with E-state index in [-0.39, 0.29) is 0 Å². The van der Waals surface area contributed by atoms with E-state index in [0.29, 0.717) is 5.75 Å². The van der Waals surface area contributed by atoms with Gasteiger partial charge >= 0.3 is 0 Å². The lowest BCUT2D eigenvalue weighted by atomic mass is 10.3. The summed E-state index contributed by atoms with van der Waals surface area (Å²) >= 11 is 2.97. The number of aromatic hydroxyl groups is 1. The van der Waals surface area contributed by atoms with Gasteiger partial charge in [0.2, 0.25) is 0 Å². The third kappa shape index (κ3) is 2.24. The third-order valence-corrected chi connectivity index (χ3v) is 3.60. The van der Waals surface area contributed by atoms with Gasteiger partial charge in [-0.3, -0.25) is 0 Å².